The molecule has 0 aliphatic carbocycles. The Morgan fingerprint density at radius 2 is 0.962 bits per heavy atom. The maximum Gasteiger partial charge on any atom is 0.509 e. The van der Waals surface area contributed by atoms with Crippen LogP contribution in [-0.2, 0) is 28.4 Å². The first kappa shape index (κ1) is 23.8. The summed E-state index contributed by atoms with van der Waals surface area (Å²) in [5.41, 5.74) is -1.36. The van der Waals surface area contributed by atoms with Crippen molar-refractivity contribution >= 4 is 18.5 Å². The summed E-state index contributed by atoms with van der Waals surface area (Å²) in [4.78, 5) is 34.4. The average Bonchev–Trinajstić information content (AvgIpc) is 2.38. The minimum Gasteiger partial charge on any atom is -0.430 e. The summed E-state index contributed by atoms with van der Waals surface area (Å²) in [6.45, 7) is 12.9. The van der Waals surface area contributed by atoms with Gasteiger partial charge in [0.25, 0.3) is 0 Å². The molecular weight excluding hydrogens is 348 g/mol. The van der Waals surface area contributed by atoms with Gasteiger partial charge in [-0.15, -0.1) is 0 Å². The van der Waals surface area contributed by atoms with Crippen molar-refractivity contribution in [2.45, 2.75) is 78.8 Å². The van der Waals surface area contributed by atoms with Crippen LogP contribution in [0, 0.1) is 0 Å². The summed E-state index contributed by atoms with van der Waals surface area (Å²) in [7, 11) is 0. The fourth-order valence-electron chi connectivity index (χ4n) is 1.36. The molecule has 26 heavy (non-hydrogen) atoms. The molecule has 0 radical (unpaired) electrons. The van der Waals surface area contributed by atoms with Gasteiger partial charge >= 0.3 is 18.5 Å². The molecule has 0 amide bonds. The molecule has 2 atom stereocenters. The summed E-state index contributed by atoms with van der Waals surface area (Å²) in [6.07, 6.45) is -4.13. The van der Waals surface area contributed by atoms with Gasteiger partial charge in [-0.2, -0.15) is 0 Å². The normalized spacial score (nSPS) is 13.8. The zero-order chi connectivity index (χ0) is 20.5. The zero-order valence-electron chi connectivity index (χ0n) is 16.7. The Kier molecular flexibility index (Phi) is 9.23. The van der Waals surface area contributed by atoms with Crippen LogP contribution in [0.5, 0.6) is 0 Å². The molecule has 152 valence electrons. The standard InChI is InChI=1S/C17H30O9/c1-11(23-14(19)25-16(3,4)5)9-21-13(18)22-10-12(2)24-15(20)26-17(6,7)8/h11-12H,9-10H2,1-8H3. The van der Waals surface area contributed by atoms with E-state index in [1.165, 1.54) is 13.8 Å². The summed E-state index contributed by atoms with van der Waals surface area (Å²) in [5, 5.41) is 0. The van der Waals surface area contributed by atoms with Crippen molar-refractivity contribution in [1.82, 2.24) is 0 Å². The first-order chi connectivity index (χ1) is 11.7. The van der Waals surface area contributed by atoms with E-state index in [0.717, 1.165) is 0 Å². The van der Waals surface area contributed by atoms with Crippen molar-refractivity contribution < 1.29 is 42.8 Å². The van der Waals surface area contributed by atoms with Crippen LogP contribution in [0.15, 0.2) is 0 Å². The molecule has 2 unspecified atom stereocenters. The van der Waals surface area contributed by atoms with E-state index >= 15 is 0 Å². The third kappa shape index (κ3) is 14.2. The van der Waals surface area contributed by atoms with E-state index in [9.17, 15) is 14.4 Å². The molecule has 0 heterocycles. The maximum absolute atomic E-state index is 11.5. The van der Waals surface area contributed by atoms with Crippen molar-refractivity contribution in [3.63, 3.8) is 0 Å². The smallest absolute Gasteiger partial charge is 0.430 e. The van der Waals surface area contributed by atoms with Crippen molar-refractivity contribution in [2.24, 2.45) is 0 Å². The molecule has 0 N–H and O–H groups in total. The molecule has 9 heteroatoms. The average molecular weight is 378 g/mol. The molecule has 0 aliphatic rings. The van der Waals surface area contributed by atoms with Crippen LogP contribution in [0.2, 0.25) is 0 Å². The Balaban J connectivity index is 4.01. The molecule has 0 saturated carbocycles. The largest absolute Gasteiger partial charge is 0.509 e. The maximum atomic E-state index is 11.5. The van der Waals surface area contributed by atoms with Crippen LogP contribution in [0.25, 0.3) is 0 Å². The quantitative estimate of drug-likeness (QED) is 0.503. The fourth-order valence-corrected chi connectivity index (χ4v) is 1.36. The highest BCUT2D eigenvalue weighted by molar-refractivity contribution is 5.62. The van der Waals surface area contributed by atoms with Crippen molar-refractivity contribution in [3.8, 4) is 0 Å². The molecule has 0 spiro atoms. The number of carbonyl (C=O) groups excluding carboxylic acids is 3. The molecule has 9 nitrogen and oxygen atoms in total. The van der Waals surface area contributed by atoms with Gasteiger partial charge in [0.15, 0.2) is 0 Å². The van der Waals surface area contributed by atoms with E-state index in [4.69, 9.17) is 28.4 Å². The number of hydrogen-bond donors (Lipinski definition) is 0. The van der Waals surface area contributed by atoms with Gasteiger partial charge in [0.05, 0.1) is 0 Å². The third-order valence-corrected chi connectivity index (χ3v) is 2.25. The first-order valence-corrected chi connectivity index (χ1v) is 8.27. The van der Waals surface area contributed by atoms with Crippen LogP contribution in [-0.4, -0.2) is 55.1 Å². The monoisotopic (exact) mass is 378 g/mol. The molecule has 0 aromatic rings. The van der Waals surface area contributed by atoms with Gasteiger partial charge in [0, 0.05) is 0 Å². The minimum absolute atomic E-state index is 0.209. The molecule has 0 aliphatic heterocycles. The lowest BCUT2D eigenvalue weighted by atomic mass is 10.2. The Hall–Kier alpha value is -2.19. The van der Waals surface area contributed by atoms with Crippen LogP contribution in [0.4, 0.5) is 14.4 Å². The van der Waals surface area contributed by atoms with Crippen molar-refractivity contribution in [3.05, 3.63) is 0 Å². The van der Waals surface area contributed by atoms with E-state index < -0.39 is 41.9 Å². The van der Waals surface area contributed by atoms with E-state index in [2.05, 4.69) is 0 Å². The van der Waals surface area contributed by atoms with Gasteiger partial charge in [-0.25, -0.2) is 14.4 Å². The van der Waals surface area contributed by atoms with E-state index in [1.54, 1.807) is 41.5 Å². The lowest BCUT2D eigenvalue weighted by molar-refractivity contribution is -0.0514. The van der Waals surface area contributed by atoms with Crippen LogP contribution in [0.1, 0.15) is 55.4 Å². The van der Waals surface area contributed by atoms with Gasteiger partial charge in [-0.3, -0.25) is 0 Å². The van der Waals surface area contributed by atoms with Crippen molar-refractivity contribution in [1.29, 1.82) is 0 Å². The number of ether oxygens (including phenoxy) is 6. The SMILES string of the molecule is CC(COC(=O)OCC(C)OC(=O)OC(C)(C)C)OC(=O)OC(C)(C)C. The summed E-state index contributed by atoms with van der Waals surface area (Å²) in [5.74, 6) is 0. The highest BCUT2D eigenvalue weighted by Gasteiger charge is 2.22. The number of hydrogen-bond acceptors (Lipinski definition) is 9. The predicted octanol–water partition coefficient (Wildman–Crippen LogP) is 3.82. The lowest BCUT2D eigenvalue weighted by Crippen LogP contribution is -2.30. The number of rotatable bonds is 6. The van der Waals surface area contributed by atoms with Crippen LogP contribution in [0.3, 0.4) is 0 Å². The first-order valence-electron chi connectivity index (χ1n) is 8.27. The Morgan fingerprint density at radius 3 is 1.23 bits per heavy atom. The van der Waals surface area contributed by atoms with Gasteiger partial charge in [-0.1, -0.05) is 0 Å². The van der Waals surface area contributed by atoms with Gasteiger partial charge < -0.3 is 28.4 Å². The Morgan fingerprint density at radius 1 is 0.654 bits per heavy atom. The lowest BCUT2D eigenvalue weighted by Gasteiger charge is -2.21. The van der Waals surface area contributed by atoms with Gasteiger partial charge in [-0.05, 0) is 55.4 Å². The van der Waals surface area contributed by atoms with Crippen LogP contribution < -0.4 is 0 Å². The Bertz CT molecular complexity index is 432. The molecule has 0 saturated heterocycles. The van der Waals surface area contributed by atoms with E-state index in [-0.39, 0.29) is 13.2 Å². The second kappa shape index (κ2) is 10.1. The van der Waals surface area contributed by atoms with E-state index in [0.29, 0.717) is 0 Å². The summed E-state index contributed by atoms with van der Waals surface area (Å²) in [6, 6.07) is 0. The second-order valence-electron chi connectivity index (χ2n) is 7.66. The minimum atomic E-state index is -0.982. The molecule has 0 rings (SSSR count). The van der Waals surface area contributed by atoms with Crippen LogP contribution >= 0.6 is 0 Å². The molecule has 0 aromatic heterocycles. The van der Waals surface area contributed by atoms with Gasteiger partial charge in [0.2, 0.25) is 0 Å². The topological polar surface area (TPSA) is 107 Å². The fraction of sp³-hybridized carbons (Fsp3) is 0.824. The number of carbonyl (C=O) groups is 3. The predicted molar refractivity (Wildman–Crippen MR) is 90.9 cm³/mol. The third-order valence-electron chi connectivity index (χ3n) is 2.25. The molecule has 0 fully saturated rings. The molecular formula is C17H30O9. The summed E-state index contributed by atoms with van der Waals surface area (Å²) >= 11 is 0. The van der Waals surface area contributed by atoms with E-state index in [1.807, 2.05) is 0 Å². The Labute approximate surface area is 154 Å². The zero-order valence-corrected chi connectivity index (χ0v) is 16.7. The highest BCUT2D eigenvalue weighted by atomic mass is 16.8. The van der Waals surface area contributed by atoms with Crippen molar-refractivity contribution in [2.75, 3.05) is 13.2 Å². The molecule has 0 bridgehead atoms. The summed E-state index contributed by atoms with van der Waals surface area (Å²) < 4.78 is 29.4. The molecule has 0 aromatic carbocycles. The van der Waals surface area contributed by atoms with Gasteiger partial charge in [0.1, 0.15) is 36.6 Å². The highest BCUT2D eigenvalue weighted by Crippen LogP contribution is 2.10. The second-order valence-corrected chi connectivity index (χ2v) is 7.66.